The van der Waals surface area contributed by atoms with Gasteiger partial charge in [0.05, 0.1) is 11.2 Å². The Morgan fingerprint density at radius 2 is 2.14 bits per heavy atom. The van der Waals surface area contributed by atoms with E-state index in [0.29, 0.717) is 0 Å². The van der Waals surface area contributed by atoms with Gasteiger partial charge in [-0.05, 0) is 25.8 Å². The van der Waals surface area contributed by atoms with Crippen LogP contribution in [-0.4, -0.2) is 9.78 Å². The average Bonchev–Trinajstić information content (AvgIpc) is 2.67. The zero-order valence-electron chi connectivity index (χ0n) is 8.87. The molecule has 78 valence electrons. The van der Waals surface area contributed by atoms with Crippen LogP contribution in [-0.2, 0) is 12.1 Å². The molecule has 0 radical (unpaired) electrons. The Hall–Kier alpha value is -0.830. The highest BCUT2D eigenvalue weighted by atomic mass is 15.3. The van der Waals surface area contributed by atoms with Gasteiger partial charge in [0.2, 0.25) is 0 Å². The van der Waals surface area contributed by atoms with Crippen molar-refractivity contribution in [2.45, 2.75) is 51.1 Å². The van der Waals surface area contributed by atoms with Crippen LogP contribution < -0.4 is 5.73 Å². The van der Waals surface area contributed by atoms with Gasteiger partial charge in [-0.1, -0.05) is 19.3 Å². The van der Waals surface area contributed by atoms with E-state index in [1.54, 1.807) is 0 Å². The van der Waals surface area contributed by atoms with Gasteiger partial charge in [0.15, 0.2) is 0 Å². The molecule has 0 saturated heterocycles. The minimum absolute atomic E-state index is 0.106. The van der Waals surface area contributed by atoms with Gasteiger partial charge in [-0.3, -0.25) is 4.68 Å². The molecule has 14 heavy (non-hydrogen) atoms. The lowest BCUT2D eigenvalue weighted by atomic mass is 9.80. The molecular weight excluding hydrogens is 174 g/mol. The van der Waals surface area contributed by atoms with E-state index in [2.05, 4.69) is 18.1 Å². The first-order valence-electron chi connectivity index (χ1n) is 5.57. The molecule has 1 aromatic rings. The largest absolute Gasteiger partial charge is 0.320 e. The summed E-state index contributed by atoms with van der Waals surface area (Å²) in [6, 6.07) is 2.08. The Kier molecular flexibility index (Phi) is 2.59. The molecule has 1 saturated carbocycles. The number of aryl methyl sites for hydroxylation is 1. The van der Waals surface area contributed by atoms with Crippen LogP contribution in [0.25, 0.3) is 0 Å². The Labute approximate surface area is 85.3 Å². The zero-order valence-corrected chi connectivity index (χ0v) is 8.87. The van der Waals surface area contributed by atoms with Gasteiger partial charge >= 0.3 is 0 Å². The third kappa shape index (κ3) is 1.57. The lowest BCUT2D eigenvalue weighted by Crippen LogP contribution is -2.40. The summed E-state index contributed by atoms with van der Waals surface area (Å²) in [4.78, 5) is 0. The van der Waals surface area contributed by atoms with Crippen LogP contribution in [0.4, 0.5) is 0 Å². The molecule has 1 heterocycles. The Balaban J connectivity index is 2.27. The van der Waals surface area contributed by atoms with Crippen LogP contribution in [0.15, 0.2) is 12.3 Å². The Morgan fingerprint density at radius 3 is 2.79 bits per heavy atom. The van der Waals surface area contributed by atoms with Crippen LogP contribution in [0, 0.1) is 0 Å². The van der Waals surface area contributed by atoms with Gasteiger partial charge in [-0.2, -0.15) is 5.10 Å². The van der Waals surface area contributed by atoms with Crippen LogP contribution >= 0.6 is 0 Å². The summed E-state index contributed by atoms with van der Waals surface area (Å²) < 4.78 is 2.03. The van der Waals surface area contributed by atoms with Crippen LogP contribution in [0.1, 0.15) is 44.7 Å². The topological polar surface area (TPSA) is 43.8 Å². The van der Waals surface area contributed by atoms with Crippen molar-refractivity contribution in [3.8, 4) is 0 Å². The summed E-state index contributed by atoms with van der Waals surface area (Å²) in [6.45, 7) is 3.03. The Bertz CT molecular complexity index is 297. The van der Waals surface area contributed by atoms with Crippen molar-refractivity contribution in [1.82, 2.24) is 9.78 Å². The highest BCUT2D eigenvalue weighted by molar-refractivity contribution is 5.15. The number of hydrogen-bond acceptors (Lipinski definition) is 2. The molecule has 1 aromatic heterocycles. The molecule has 0 aromatic carbocycles. The van der Waals surface area contributed by atoms with Crippen molar-refractivity contribution in [1.29, 1.82) is 0 Å². The first-order chi connectivity index (χ1) is 6.76. The lowest BCUT2D eigenvalue weighted by Gasteiger charge is -2.33. The third-order valence-electron chi connectivity index (χ3n) is 3.27. The van der Waals surface area contributed by atoms with Crippen molar-refractivity contribution >= 4 is 0 Å². The summed E-state index contributed by atoms with van der Waals surface area (Å²) in [5, 5.41) is 4.29. The number of nitrogens with zero attached hydrogens (tertiary/aromatic N) is 2. The predicted molar refractivity (Wildman–Crippen MR) is 56.9 cm³/mol. The van der Waals surface area contributed by atoms with Gasteiger partial charge in [0.1, 0.15) is 0 Å². The van der Waals surface area contributed by atoms with E-state index in [1.807, 2.05) is 10.9 Å². The second-order valence-electron chi connectivity index (χ2n) is 4.25. The predicted octanol–water partition coefficient (Wildman–Crippen LogP) is 2.02. The second kappa shape index (κ2) is 3.73. The normalized spacial score (nSPS) is 21.0. The molecule has 0 unspecified atom stereocenters. The quantitative estimate of drug-likeness (QED) is 0.781. The maximum absolute atomic E-state index is 6.44. The summed E-state index contributed by atoms with van der Waals surface area (Å²) in [6.07, 6.45) is 7.93. The van der Waals surface area contributed by atoms with E-state index in [9.17, 15) is 0 Å². The summed E-state index contributed by atoms with van der Waals surface area (Å²) in [7, 11) is 0. The second-order valence-corrected chi connectivity index (χ2v) is 4.25. The van der Waals surface area contributed by atoms with Crippen molar-refractivity contribution in [2.75, 3.05) is 0 Å². The fourth-order valence-corrected chi connectivity index (χ4v) is 2.45. The van der Waals surface area contributed by atoms with E-state index < -0.39 is 0 Å². The Morgan fingerprint density at radius 1 is 1.43 bits per heavy atom. The van der Waals surface area contributed by atoms with Crippen molar-refractivity contribution in [3.05, 3.63) is 18.0 Å². The van der Waals surface area contributed by atoms with Crippen LogP contribution in [0.5, 0.6) is 0 Å². The minimum Gasteiger partial charge on any atom is -0.320 e. The van der Waals surface area contributed by atoms with E-state index >= 15 is 0 Å². The molecule has 3 nitrogen and oxygen atoms in total. The number of hydrogen-bond donors (Lipinski definition) is 1. The molecule has 0 aliphatic heterocycles. The lowest BCUT2D eigenvalue weighted by molar-refractivity contribution is 0.282. The molecule has 0 atom stereocenters. The number of aromatic nitrogens is 2. The van der Waals surface area contributed by atoms with Gasteiger partial charge < -0.3 is 5.73 Å². The van der Waals surface area contributed by atoms with E-state index in [-0.39, 0.29) is 5.54 Å². The minimum atomic E-state index is -0.106. The van der Waals surface area contributed by atoms with Gasteiger partial charge in [-0.25, -0.2) is 0 Å². The van der Waals surface area contributed by atoms with Crippen molar-refractivity contribution in [3.63, 3.8) is 0 Å². The molecule has 0 amide bonds. The van der Waals surface area contributed by atoms with Gasteiger partial charge in [0, 0.05) is 12.7 Å². The molecule has 0 bridgehead atoms. The first-order valence-corrected chi connectivity index (χ1v) is 5.57. The van der Waals surface area contributed by atoms with Crippen molar-refractivity contribution < 1.29 is 0 Å². The summed E-state index contributed by atoms with van der Waals surface area (Å²) >= 11 is 0. The van der Waals surface area contributed by atoms with Crippen LogP contribution in [0.2, 0.25) is 0 Å². The number of rotatable bonds is 2. The monoisotopic (exact) mass is 193 g/mol. The summed E-state index contributed by atoms with van der Waals surface area (Å²) in [5.74, 6) is 0. The fourth-order valence-electron chi connectivity index (χ4n) is 2.45. The van der Waals surface area contributed by atoms with Crippen LogP contribution in [0.3, 0.4) is 0 Å². The van der Waals surface area contributed by atoms with Crippen molar-refractivity contribution in [2.24, 2.45) is 5.73 Å². The highest BCUT2D eigenvalue weighted by Crippen LogP contribution is 2.34. The molecule has 2 rings (SSSR count). The SMILES string of the molecule is CCn1nccc1C1(N)CCCCC1. The third-order valence-corrected chi connectivity index (χ3v) is 3.27. The number of nitrogens with two attached hydrogens (primary N) is 1. The molecule has 3 heteroatoms. The average molecular weight is 193 g/mol. The summed E-state index contributed by atoms with van der Waals surface area (Å²) in [5.41, 5.74) is 7.56. The fraction of sp³-hybridized carbons (Fsp3) is 0.727. The maximum atomic E-state index is 6.44. The smallest absolute Gasteiger partial charge is 0.0582 e. The van der Waals surface area contributed by atoms with E-state index in [4.69, 9.17) is 5.73 Å². The van der Waals surface area contributed by atoms with Gasteiger partial charge in [0.25, 0.3) is 0 Å². The molecule has 2 N–H and O–H groups in total. The highest BCUT2D eigenvalue weighted by Gasteiger charge is 2.31. The first kappa shape index (κ1) is 9.71. The zero-order chi connectivity index (χ0) is 10.0. The van der Waals surface area contributed by atoms with E-state index in [0.717, 1.165) is 19.4 Å². The molecule has 1 aliphatic rings. The van der Waals surface area contributed by atoms with E-state index in [1.165, 1.54) is 25.0 Å². The molecule has 0 spiro atoms. The standard InChI is InChI=1S/C11H19N3/c1-2-14-10(6-9-13-14)11(12)7-4-3-5-8-11/h6,9H,2-5,7-8,12H2,1H3. The molecule has 1 aliphatic carbocycles. The molecular formula is C11H19N3. The maximum Gasteiger partial charge on any atom is 0.0582 e. The van der Waals surface area contributed by atoms with Gasteiger partial charge in [-0.15, -0.1) is 0 Å². The molecule has 1 fully saturated rings.